The average molecular weight is 216 g/mol. The minimum Gasteiger partial charge on any atom is -0.345 e. The van der Waals surface area contributed by atoms with Crippen LogP contribution in [0.4, 0.5) is 0 Å². The Balaban J connectivity index is 1.80. The smallest absolute Gasteiger partial charge is 0.181 e. The van der Waals surface area contributed by atoms with Gasteiger partial charge >= 0.3 is 0 Å². The summed E-state index contributed by atoms with van der Waals surface area (Å²) in [6.07, 6.45) is 0.806. The summed E-state index contributed by atoms with van der Waals surface area (Å²) in [7, 11) is 0. The highest BCUT2D eigenvalue weighted by Crippen LogP contribution is 2.32. The summed E-state index contributed by atoms with van der Waals surface area (Å²) in [4.78, 5) is 0. The van der Waals surface area contributed by atoms with Crippen molar-refractivity contribution in [3.63, 3.8) is 0 Å². The third-order valence-electron chi connectivity index (χ3n) is 2.36. The average Bonchev–Trinajstić information content (AvgIpc) is 2.80. The largest absolute Gasteiger partial charge is 0.345 e. The lowest BCUT2D eigenvalue weighted by molar-refractivity contribution is -0.139. The van der Waals surface area contributed by atoms with E-state index in [0.717, 1.165) is 19.6 Å². The van der Waals surface area contributed by atoms with Gasteiger partial charge in [0.15, 0.2) is 12.6 Å². The topological polar surface area (TPSA) is 43.5 Å². The van der Waals surface area contributed by atoms with Gasteiger partial charge in [0.25, 0.3) is 0 Å². The lowest BCUT2D eigenvalue weighted by Gasteiger charge is -2.34. The Morgan fingerprint density at radius 1 is 0.933 bits per heavy atom. The first-order valence-corrected chi connectivity index (χ1v) is 5.45. The van der Waals surface area contributed by atoms with Crippen molar-refractivity contribution in [2.45, 2.75) is 57.9 Å². The summed E-state index contributed by atoms with van der Waals surface area (Å²) in [5.41, 5.74) is -0.445. The highest BCUT2D eigenvalue weighted by atomic mass is 16.8. The minimum atomic E-state index is -0.223. The van der Waals surface area contributed by atoms with Crippen molar-refractivity contribution in [2.24, 2.45) is 0 Å². The van der Waals surface area contributed by atoms with Gasteiger partial charge in [-0.05, 0) is 27.7 Å². The summed E-state index contributed by atoms with van der Waals surface area (Å²) < 4.78 is 21.6. The number of hydrogen-bond acceptors (Lipinski definition) is 4. The van der Waals surface area contributed by atoms with Gasteiger partial charge in [0.05, 0.1) is 11.2 Å². The van der Waals surface area contributed by atoms with E-state index in [1.54, 1.807) is 0 Å². The van der Waals surface area contributed by atoms with Gasteiger partial charge in [-0.25, -0.2) is 0 Å². The molecule has 15 heavy (non-hydrogen) atoms. The van der Waals surface area contributed by atoms with Crippen LogP contribution in [0.2, 0.25) is 0 Å². The van der Waals surface area contributed by atoms with Gasteiger partial charge in [0.2, 0.25) is 0 Å². The zero-order valence-electron chi connectivity index (χ0n) is 9.91. The molecule has 4 heteroatoms. The fourth-order valence-corrected chi connectivity index (χ4v) is 2.03. The zero-order chi connectivity index (χ0) is 11.1. The van der Waals surface area contributed by atoms with Crippen LogP contribution in [0, 0.1) is 0 Å². The molecule has 2 aliphatic rings. The van der Waals surface area contributed by atoms with Crippen molar-refractivity contribution < 1.29 is 18.9 Å². The molecule has 88 valence electrons. The van der Waals surface area contributed by atoms with Gasteiger partial charge in [0, 0.05) is 6.42 Å². The second-order valence-electron chi connectivity index (χ2n) is 5.46. The lowest BCUT2D eigenvalue weighted by Crippen LogP contribution is -2.38. The summed E-state index contributed by atoms with van der Waals surface area (Å²) in [5.74, 6) is 0. The maximum absolute atomic E-state index is 5.74. The Morgan fingerprint density at radius 3 is 1.53 bits per heavy atom. The van der Waals surface area contributed by atoms with Crippen molar-refractivity contribution in [3.8, 4) is 0 Å². The van der Waals surface area contributed by atoms with Crippen LogP contribution in [0.3, 0.4) is 0 Å². The van der Waals surface area contributed by atoms with Gasteiger partial charge in [-0.3, -0.25) is 0 Å². The number of rotatable bonds is 6. The van der Waals surface area contributed by atoms with E-state index in [0.29, 0.717) is 0 Å². The lowest BCUT2D eigenvalue weighted by atomic mass is 9.92. The van der Waals surface area contributed by atoms with E-state index in [-0.39, 0.29) is 23.8 Å². The summed E-state index contributed by atoms with van der Waals surface area (Å²) in [5, 5.41) is 0. The fourth-order valence-electron chi connectivity index (χ4n) is 2.03. The van der Waals surface area contributed by atoms with Crippen molar-refractivity contribution in [3.05, 3.63) is 0 Å². The second kappa shape index (κ2) is 3.70. The number of ether oxygens (including phenoxy) is 4. The van der Waals surface area contributed by atoms with Crippen LogP contribution < -0.4 is 0 Å². The first-order valence-electron chi connectivity index (χ1n) is 5.45. The molecule has 2 rings (SSSR count). The van der Waals surface area contributed by atoms with Gasteiger partial charge in [-0.15, -0.1) is 0 Å². The molecule has 0 aliphatic carbocycles. The molecule has 0 amide bonds. The molecule has 0 aromatic carbocycles. The van der Waals surface area contributed by atoms with Crippen molar-refractivity contribution >= 4 is 0 Å². The van der Waals surface area contributed by atoms with Crippen molar-refractivity contribution in [1.82, 2.24) is 0 Å². The highest BCUT2D eigenvalue weighted by Gasteiger charge is 2.39. The first kappa shape index (κ1) is 11.3. The predicted octanol–water partition coefficient (Wildman–Crippen LogP) is 1.68. The normalized spacial score (nSPS) is 30.4. The summed E-state index contributed by atoms with van der Waals surface area (Å²) >= 11 is 0. The van der Waals surface area contributed by atoms with Gasteiger partial charge in [0.1, 0.15) is 13.2 Å². The molecule has 2 aliphatic heterocycles. The molecule has 2 saturated heterocycles. The molecule has 2 atom stereocenters. The van der Waals surface area contributed by atoms with Crippen molar-refractivity contribution in [2.75, 3.05) is 13.2 Å². The fraction of sp³-hybridized carbons (Fsp3) is 1.00. The molecule has 0 aromatic heterocycles. The maximum atomic E-state index is 5.74. The molecular formula is C11H20O4. The Bertz CT molecular complexity index is 205. The van der Waals surface area contributed by atoms with Crippen LogP contribution in [0.5, 0.6) is 0 Å². The highest BCUT2D eigenvalue weighted by molar-refractivity contribution is 4.83. The molecular weight excluding hydrogens is 196 g/mol. The predicted molar refractivity (Wildman–Crippen MR) is 54.4 cm³/mol. The zero-order valence-corrected chi connectivity index (χ0v) is 9.91. The third kappa shape index (κ3) is 4.07. The van der Waals surface area contributed by atoms with Gasteiger partial charge in [-0.1, -0.05) is 0 Å². The van der Waals surface area contributed by atoms with Crippen LogP contribution >= 0.6 is 0 Å². The van der Waals surface area contributed by atoms with Gasteiger partial charge in [-0.2, -0.15) is 0 Å². The van der Waals surface area contributed by atoms with E-state index in [1.165, 1.54) is 0 Å². The molecule has 2 heterocycles. The monoisotopic (exact) mass is 216 g/mol. The van der Waals surface area contributed by atoms with Crippen LogP contribution in [0.1, 0.15) is 34.1 Å². The Hall–Kier alpha value is -0.160. The molecule has 2 fully saturated rings. The molecule has 0 radical (unpaired) electrons. The van der Waals surface area contributed by atoms with E-state index >= 15 is 0 Å². The van der Waals surface area contributed by atoms with Crippen LogP contribution in [0.25, 0.3) is 0 Å². The van der Waals surface area contributed by atoms with Crippen molar-refractivity contribution in [1.29, 1.82) is 0 Å². The van der Waals surface area contributed by atoms with E-state index in [9.17, 15) is 0 Å². The number of epoxide rings is 2. The Labute approximate surface area is 90.8 Å². The maximum Gasteiger partial charge on any atom is 0.181 e. The third-order valence-corrected chi connectivity index (χ3v) is 2.36. The molecule has 0 bridgehead atoms. The number of hydrogen-bond donors (Lipinski definition) is 0. The standard InChI is InChI=1S/C11H20O4/c1-10(2,14-8-5-12-8)7-11(3,4)15-9-6-13-9/h8-9H,5-7H2,1-4H3. The molecule has 0 saturated carbocycles. The van der Waals surface area contributed by atoms with Gasteiger partial charge < -0.3 is 18.9 Å². The minimum absolute atomic E-state index is 0.00650. The molecule has 0 spiro atoms. The Kier molecular flexibility index (Phi) is 2.79. The first-order chi connectivity index (χ1) is 6.86. The van der Waals surface area contributed by atoms with E-state index in [1.807, 2.05) is 0 Å². The molecule has 2 unspecified atom stereocenters. The molecule has 4 nitrogen and oxygen atoms in total. The quantitative estimate of drug-likeness (QED) is 0.634. The SMILES string of the molecule is CC(C)(CC(C)(C)OC1CO1)OC1CO1. The van der Waals surface area contributed by atoms with Crippen LogP contribution in [0.15, 0.2) is 0 Å². The van der Waals surface area contributed by atoms with E-state index < -0.39 is 0 Å². The van der Waals surface area contributed by atoms with E-state index in [4.69, 9.17) is 18.9 Å². The van der Waals surface area contributed by atoms with Crippen LogP contribution in [-0.4, -0.2) is 37.0 Å². The summed E-state index contributed by atoms with van der Waals surface area (Å²) in [6, 6.07) is 0. The second-order valence-corrected chi connectivity index (χ2v) is 5.46. The molecule has 0 aromatic rings. The Morgan fingerprint density at radius 2 is 1.27 bits per heavy atom. The van der Waals surface area contributed by atoms with E-state index in [2.05, 4.69) is 27.7 Å². The summed E-state index contributed by atoms with van der Waals surface area (Å²) in [6.45, 7) is 9.69. The van der Waals surface area contributed by atoms with Crippen LogP contribution in [-0.2, 0) is 18.9 Å². The molecule has 0 N–H and O–H groups in total.